The van der Waals surface area contributed by atoms with E-state index in [1.165, 1.54) is 5.57 Å². The topological polar surface area (TPSA) is 77.9 Å². The number of likely N-dealkylation sites (tertiary alicyclic amines) is 1. The van der Waals surface area contributed by atoms with Crippen LogP contribution >= 0.6 is 0 Å². The van der Waals surface area contributed by atoms with Gasteiger partial charge < -0.3 is 10.0 Å². The molecule has 6 aliphatic rings. The average molecular weight is 485 g/mol. The molecular weight excluding hydrogens is 440 g/mol. The quantitative estimate of drug-likeness (QED) is 0.445. The molecular formula is C29H44N2O4. The Morgan fingerprint density at radius 3 is 2.49 bits per heavy atom. The van der Waals surface area contributed by atoms with Crippen LogP contribution in [0.3, 0.4) is 0 Å². The van der Waals surface area contributed by atoms with Crippen molar-refractivity contribution in [3.8, 4) is 0 Å². The summed E-state index contributed by atoms with van der Waals surface area (Å²) in [4.78, 5) is 44.0. The molecule has 0 aromatic rings. The lowest BCUT2D eigenvalue weighted by atomic mass is 9.34. The van der Waals surface area contributed by atoms with E-state index in [0.29, 0.717) is 12.5 Å². The minimum Gasteiger partial charge on any atom is -0.481 e. The number of imide groups is 1. The lowest BCUT2D eigenvalue weighted by Crippen LogP contribution is -2.65. The van der Waals surface area contributed by atoms with Gasteiger partial charge in [0.1, 0.15) is 0 Å². The molecule has 5 aliphatic carbocycles. The van der Waals surface area contributed by atoms with E-state index < -0.39 is 11.4 Å². The SMILES string of the molecule is CC(C)C1=C[C@@]23CC[C@@H]4[C@](C)(CCC[C@@]4(C)C(=O)O)[C@@H]2C[C@@H]1[C@H]1C(=O)N(CCCN(C)C)C(=O)[C@@H]13. The Kier molecular flexibility index (Phi) is 5.82. The second-order valence-electron chi connectivity index (χ2n) is 13.5. The number of allylic oxidation sites excluding steroid dienone is 2. The standard InChI is InChI=1S/C29H44N2O4/c1-17(2)19-16-29-12-9-20-27(3,10-7-11-28(20,4)26(34)35)21(29)15-18(19)22-23(29)25(33)31(24(22)32)14-8-13-30(5)6/h16-18,20-23H,7-15H2,1-6H3,(H,34,35)/t18-,20+,21-,22+,23+,27-,28+,29-/m0/s1. The van der Waals surface area contributed by atoms with Gasteiger partial charge in [-0.3, -0.25) is 19.3 Å². The highest BCUT2D eigenvalue weighted by Crippen LogP contribution is 2.74. The Morgan fingerprint density at radius 1 is 1.14 bits per heavy atom. The van der Waals surface area contributed by atoms with Gasteiger partial charge in [0.2, 0.25) is 11.8 Å². The molecule has 8 atom stereocenters. The van der Waals surface area contributed by atoms with E-state index in [1.54, 1.807) is 4.90 Å². The van der Waals surface area contributed by atoms with Gasteiger partial charge in [-0.25, -0.2) is 0 Å². The third kappa shape index (κ3) is 3.27. The first kappa shape index (κ1) is 25.0. The molecule has 1 spiro atoms. The molecule has 0 radical (unpaired) electrons. The van der Waals surface area contributed by atoms with Crippen molar-refractivity contribution in [3.05, 3.63) is 11.6 Å². The summed E-state index contributed by atoms with van der Waals surface area (Å²) in [5.74, 6) is -0.215. The number of nitrogens with zero attached hydrogens (tertiary/aromatic N) is 2. The van der Waals surface area contributed by atoms with Crippen LogP contribution in [-0.2, 0) is 14.4 Å². The number of carbonyl (C=O) groups is 3. The molecule has 35 heavy (non-hydrogen) atoms. The van der Waals surface area contributed by atoms with Gasteiger partial charge in [0, 0.05) is 12.0 Å². The third-order valence-electron chi connectivity index (χ3n) is 11.2. The Hall–Kier alpha value is -1.69. The fourth-order valence-corrected chi connectivity index (χ4v) is 9.78. The molecule has 3 saturated carbocycles. The van der Waals surface area contributed by atoms with Crippen LogP contribution in [0.25, 0.3) is 0 Å². The molecule has 0 aromatic heterocycles. The highest BCUT2D eigenvalue weighted by molar-refractivity contribution is 6.06. The van der Waals surface area contributed by atoms with E-state index in [4.69, 9.17) is 0 Å². The molecule has 0 aromatic carbocycles. The maximum Gasteiger partial charge on any atom is 0.309 e. The molecule has 1 saturated heterocycles. The van der Waals surface area contributed by atoms with Gasteiger partial charge in [-0.1, -0.05) is 38.8 Å². The second-order valence-corrected chi connectivity index (χ2v) is 13.5. The smallest absolute Gasteiger partial charge is 0.309 e. The zero-order valence-corrected chi connectivity index (χ0v) is 22.5. The molecule has 1 heterocycles. The molecule has 4 fully saturated rings. The highest BCUT2D eigenvalue weighted by atomic mass is 16.4. The van der Waals surface area contributed by atoms with Gasteiger partial charge in [0.15, 0.2) is 0 Å². The minimum absolute atomic E-state index is 0.0476. The number of aliphatic carboxylic acids is 1. The number of carbonyl (C=O) groups excluding carboxylic acids is 2. The number of hydrogen-bond donors (Lipinski definition) is 1. The fraction of sp³-hybridized carbons (Fsp3) is 0.828. The van der Waals surface area contributed by atoms with E-state index in [9.17, 15) is 19.5 Å². The predicted octanol–water partition coefficient (Wildman–Crippen LogP) is 4.45. The van der Waals surface area contributed by atoms with E-state index in [-0.39, 0.29) is 52.2 Å². The van der Waals surface area contributed by atoms with E-state index in [2.05, 4.69) is 31.7 Å². The van der Waals surface area contributed by atoms with Gasteiger partial charge in [0.05, 0.1) is 17.3 Å². The first-order chi connectivity index (χ1) is 16.4. The number of fused-ring (bicyclic) bond motifs is 1. The van der Waals surface area contributed by atoms with Crippen LogP contribution in [0.4, 0.5) is 0 Å². The molecule has 1 aliphatic heterocycles. The average Bonchev–Trinajstić information content (AvgIpc) is 3.05. The van der Waals surface area contributed by atoms with Crippen molar-refractivity contribution in [2.24, 2.45) is 51.8 Å². The van der Waals surface area contributed by atoms with Gasteiger partial charge in [-0.15, -0.1) is 0 Å². The number of hydrogen-bond acceptors (Lipinski definition) is 4. The maximum absolute atomic E-state index is 14.0. The van der Waals surface area contributed by atoms with Crippen molar-refractivity contribution >= 4 is 17.8 Å². The molecule has 1 N–H and O–H groups in total. The Balaban J connectivity index is 1.57. The summed E-state index contributed by atoms with van der Waals surface area (Å²) in [7, 11) is 4.04. The maximum atomic E-state index is 14.0. The molecule has 2 bridgehead atoms. The first-order valence-electron chi connectivity index (χ1n) is 13.8. The molecule has 194 valence electrons. The van der Waals surface area contributed by atoms with Crippen molar-refractivity contribution in [1.29, 1.82) is 0 Å². The van der Waals surface area contributed by atoms with Crippen molar-refractivity contribution in [1.82, 2.24) is 9.80 Å². The zero-order chi connectivity index (χ0) is 25.5. The lowest BCUT2D eigenvalue weighted by molar-refractivity contribution is -0.194. The lowest BCUT2D eigenvalue weighted by Gasteiger charge is -2.68. The number of rotatable bonds is 6. The van der Waals surface area contributed by atoms with Gasteiger partial charge in [-0.05, 0) is 95.2 Å². The minimum atomic E-state index is -0.705. The van der Waals surface area contributed by atoms with Crippen molar-refractivity contribution < 1.29 is 19.5 Å². The Bertz CT molecular complexity index is 972. The largest absolute Gasteiger partial charge is 0.481 e. The van der Waals surface area contributed by atoms with Crippen LogP contribution in [-0.4, -0.2) is 59.9 Å². The summed E-state index contributed by atoms with van der Waals surface area (Å²) in [5, 5.41) is 10.3. The molecule has 6 heteroatoms. The van der Waals surface area contributed by atoms with Crippen LogP contribution in [0.15, 0.2) is 11.6 Å². The van der Waals surface area contributed by atoms with Crippen molar-refractivity contribution in [2.45, 2.75) is 72.6 Å². The van der Waals surface area contributed by atoms with Gasteiger partial charge in [-0.2, -0.15) is 0 Å². The zero-order valence-electron chi connectivity index (χ0n) is 22.5. The molecule has 6 nitrogen and oxygen atoms in total. The van der Waals surface area contributed by atoms with Gasteiger partial charge in [0.25, 0.3) is 0 Å². The predicted molar refractivity (Wildman–Crippen MR) is 134 cm³/mol. The summed E-state index contributed by atoms with van der Waals surface area (Å²) >= 11 is 0. The van der Waals surface area contributed by atoms with Crippen LogP contribution in [0.5, 0.6) is 0 Å². The van der Waals surface area contributed by atoms with E-state index in [1.807, 2.05) is 21.0 Å². The number of carboxylic acids is 1. The summed E-state index contributed by atoms with van der Waals surface area (Å²) in [6.07, 6.45) is 8.53. The van der Waals surface area contributed by atoms with Gasteiger partial charge >= 0.3 is 5.97 Å². The monoisotopic (exact) mass is 484 g/mol. The summed E-state index contributed by atoms with van der Waals surface area (Å²) in [5.41, 5.74) is 0.235. The van der Waals surface area contributed by atoms with Crippen LogP contribution in [0.2, 0.25) is 0 Å². The number of carboxylic acid groups (broad SMARTS) is 1. The summed E-state index contributed by atoms with van der Waals surface area (Å²) in [6, 6.07) is 0. The van der Waals surface area contributed by atoms with Crippen LogP contribution < -0.4 is 0 Å². The first-order valence-corrected chi connectivity index (χ1v) is 13.8. The summed E-state index contributed by atoms with van der Waals surface area (Å²) < 4.78 is 0. The third-order valence-corrected chi connectivity index (χ3v) is 11.2. The molecule has 6 rings (SSSR count). The normalized spacial score (nSPS) is 44.4. The van der Waals surface area contributed by atoms with E-state index >= 15 is 0 Å². The van der Waals surface area contributed by atoms with E-state index in [0.717, 1.165) is 51.5 Å². The van der Waals surface area contributed by atoms with Crippen LogP contribution in [0, 0.1) is 51.8 Å². The molecule has 0 unspecified atom stereocenters. The number of amides is 2. The summed E-state index contributed by atoms with van der Waals surface area (Å²) in [6.45, 7) is 10.1. The Morgan fingerprint density at radius 2 is 1.86 bits per heavy atom. The Labute approximate surface area is 210 Å². The second kappa shape index (κ2) is 8.16. The van der Waals surface area contributed by atoms with Crippen LogP contribution in [0.1, 0.15) is 72.6 Å². The fourth-order valence-electron chi connectivity index (χ4n) is 9.78. The highest BCUT2D eigenvalue weighted by Gasteiger charge is 2.73. The van der Waals surface area contributed by atoms with Crippen molar-refractivity contribution in [2.75, 3.05) is 27.2 Å². The van der Waals surface area contributed by atoms with Crippen molar-refractivity contribution in [3.63, 3.8) is 0 Å². The molecule has 2 amide bonds.